The number of esters is 1. The van der Waals surface area contributed by atoms with Crippen LogP contribution in [0.4, 0.5) is 5.69 Å². The lowest BCUT2D eigenvalue weighted by Crippen LogP contribution is -2.35. The summed E-state index contributed by atoms with van der Waals surface area (Å²) in [7, 11) is 1.25. The molecule has 1 aliphatic heterocycles. The van der Waals surface area contributed by atoms with Crippen LogP contribution in [0, 0.1) is 0 Å². The number of carbonyl (C=O) groups is 3. The number of carbonyl (C=O) groups excluding carboxylic acids is 3. The van der Waals surface area contributed by atoms with Gasteiger partial charge in [0, 0.05) is 10.6 Å². The Kier molecular flexibility index (Phi) is 6.24. The third-order valence-electron chi connectivity index (χ3n) is 4.07. The van der Waals surface area contributed by atoms with Gasteiger partial charge in [-0.2, -0.15) is 0 Å². The van der Waals surface area contributed by atoms with Gasteiger partial charge in [-0.25, -0.2) is 9.80 Å². The van der Waals surface area contributed by atoms with E-state index in [0.29, 0.717) is 20.7 Å². The maximum absolute atomic E-state index is 12.8. The lowest BCUT2D eigenvalue weighted by atomic mass is 10.1. The number of methoxy groups -OCH3 is 1. The molecule has 29 heavy (non-hydrogen) atoms. The van der Waals surface area contributed by atoms with Crippen LogP contribution in [-0.2, 0) is 19.1 Å². The Morgan fingerprint density at radius 2 is 1.93 bits per heavy atom. The summed E-state index contributed by atoms with van der Waals surface area (Å²) < 4.78 is 10.8. The second-order valence-electron chi connectivity index (χ2n) is 6.06. The average molecular weight is 480 g/mol. The first kappa shape index (κ1) is 20.9. The number of amides is 2. The van der Waals surface area contributed by atoms with Crippen molar-refractivity contribution >= 4 is 57.1 Å². The van der Waals surface area contributed by atoms with E-state index in [1.807, 2.05) is 0 Å². The molecule has 1 fully saturated rings. The third-order valence-corrected chi connectivity index (χ3v) is 4.88. The van der Waals surface area contributed by atoms with Crippen molar-refractivity contribution in [2.75, 3.05) is 12.1 Å². The number of halogens is 2. The predicted molar refractivity (Wildman–Crippen MR) is 111 cm³/mol. The summed E-state index contributed by atoms with van der Waals surface area (Å²) in [5.41, 5.74) is 3.31. The molecule has 0 spiro atoms. The van der Waals surface area contributed by atoms with Gasteiger partial charge in [0.2, 0.25) is 0 Å². The van der Waals surface area contributed by atoms with Crippen LogP contribution < -0.4 is 15.2 Å². The van der Waals surface area contributed by atoms with Crippen LogP contribution >= 0.6 is 27.5 Å². The Morgan fingerprint density at radius 3 is 2.59 bits per heavy atom. The normalized spacial score (nSPS) is 16.0. The van der Waals surface area contributed by atoms with E-state index in [-0.39, 0.29) is 11.3 Å². The van der Waals surface area contributed by atoms with E-state index >= 15 is 0 Å². The van der Waals surface area contributed by atoms with Gasteiger partial charge < -0.3 is 9.47 Å². The first-order valence-electron chi connectivity index (χ1n) is 8.47. The van der Waals surface area contributed by atoms with Crippen LogP contribution in [0.2, 0.25) is 5.02 Å². The van der Waals surface area contributed by atoms with Crippen LogP contribution in [-0.4, -0.2) is 31.0 Å². The number of nitrogens with zero attached hydrogens (tertiary/aromatic N) is 1. The molecule has 0 saturated carbocycles. The van der Waals surface area contributed by atoms with Crippen molar-refractivity contribution in [1.82, 2.24) is 5.43 Å². The molecule has 1 N–H and O–H groups in total. The molecule has 0 aliphatic carbocycles. The Morgan fingerprint density at radius 1 is 1.24 bits per heavy atom. The van der Waals surface area contributed by atoms with Crippen molar-refractivity contribution in [3.8, 4) is 5.75 Å². The van der Waals surface area contributed by atoms with Gasteiger partial charge in [-0.3, -0.25) is 15.0 Å². The van der Waals surface area contributed by atoms with Gasteiger partial charge in [0.1, 0.15) is 11.3 Å². The Labute approximate surface area is 180 Å². The molecule has 0 aromatic heterocycles. The van der Waals surface area contributed by atoms with E-state index in [9.17, 15) is 14.4 Å². The van der Waals surface area contributed by atoms with Crippen LogP contribution in [0.5, 0.6) is 5.75 Å². The minimum atomic E-state index is -0.913. The van der Waals surface area contributed by atoms with Gasteiger partial charge in [-0.1, -0.05) is 29.8 Å². The van der Waals surface area contributed by atoms with E-state index in [1.54, 1.807) is 36.4 Å². The van der Waals surface area contributed by atoms with E-state index in [4.69, 9.17) is 16.3 Å². The molecule has 1 aliphatic rings. The summed E-state index contributed by atoms with van der Waals surface area (Å²) in [5.74, 6) is -1.42. The Hall–Kier alpha value is -2.84. The zero-order valence-corrected chi connectivity index (χ0v) is 17.8. The summed E-state index contributed by atoms with van der Waals surface area (Å²) in [6.07, 6.45) is 0.458. The van der Waals surface area contributed by atoms with E-state index in [0.717, 1.165) is 5.01 Å². The third kappa shape index (κ3) is 4.44. The number of hydrazine groups is 1. The number of rotatable bonds is 5. The largest absolute Gasteiger partial charge is 0.477 e. The smallest absolute Gasteiger partial charge is 0.346 e. The second-order valence-corrected chi connectivity index (χ2v) is 7.36. The molecular formula is C20H16BrClN2O5. The fourth-order valence-corrected chi connectivity index (χ4v) is 3.60. The molecule has 3 rings (SSSR count). The van der Waals surface area contributed by atoms with Crippen LogP contribution in [0.1, 0.15) is 12.5 Å². The molecule has 1 saturated heterocycles. The zero-order chi connectivity index (χ0) is 21.1. The maximum atomic E-state index is 12.8. The number of para-hydroxylation sites is 1. The monoisotopic (exact) mass is 478 g/mol. The summed E-state index contributed by atoms with van der Waals surface area (Å²) in [4.78, 5) is 36.9. The van der Waals surface area contributed by atoms with E-state index in [2.05, 4.69) is 26.1 Å². The molecule has 2 aromatic rings. The highest BCUT2D eigenvalue weighted by atomic mass is 79.9. The van der Waals surface area contributed by atoms with E-state index in [1.165, 1.54) is 26.2 Å². The zero-order valence-electron chi connectivity index (χ0n) is 15.4. The van der Waals surface area contributed by atoms with Crippen LogP contribution in [0.3, 0.4) is 0 Å². The molecule has 0 unspecified atom stereocenters. The topological polar surface area (TPSA) is 84.9 Å². The molecule has 150 valence electrons. The molecule has 1 heterocycles. The van der Waals surface area contributed by atoms with Crippen molar-refractivity contribution in [2.24, 2.45) is 0 Å². The molecule has 1 atom stereocenters. The molecular weight excluding hydrogens is 464 g/mol. The van der Waals surface area contributed by atoms with Gasteiger partial charge in [0.05, 0.1) is 17.3 Å². The Balaban J connectivity index is 2.00. The highest BCUT2D eigenvalue weighted by Crippen LogP contribution is 2.35. The number of hydrogen-bond donors (Lipinski definition) is 1. The summed E-state index contributed by atoms with van der Waals surface area (Å²) in [6, 6.07) is 11.8. The van der Waals surface area contributed by atoms with Crippen molar-refractivity contribution < 1.29 is 23.9 Å². The van der Waals surface area contributed by atoms with Gasteiger partial charge in [-0.15, -0.1) is 0 Å². The minimum absolute atomic E-state index is 0.0985. The minimum Gasteiger partial charge on any atom is -0.477 e. The molecule has 0 radical (unpaired) electrons. The van der Waals surface area contributed by atoms with Crippen LogP contribution in [0.25, 0.3) is 6.08 Å². The lowest BCUT2D eigenvalue weighted by Gasteiger charge is -2.16. The first-order chi connectivity index (χ1) is 13.8. The average Bonchev–Trinajstić information content (AvgIpc) is 2.98. The van der Waals surface area contributed by atoms with Gasteiger partial charge in [-0.05, 0) is 53.2 Å². The van der Waals surface area contributed by atoms with Crippen molar-refractivity contribution in [1.29, 1.82) is 0 Å². The lowest BCUT2D eigenvalue weighted by molar-refractivity contribution is -0.148. The summed E-state index contributed by atoms with van der Waals surface area (Å²) >= 11 is 9.47. The highest BCUT2D eigenvalue weighted by Gasteiger charge is 2.34. The number of hydrogen-bond acceptors (Lipinski definition) is 5. The fraction of sp³-hybridized carbons (Fsp3) is 0.150. The maximum Gasteiger partial charge on any atom is 0.346 e. The molecule has 2 amide bonds. The predicted octanol–water partition coefficient (Wildman–Crippen LogP) is 3.50. The first-order valence-corrected chi connectivity index (χ1v) is 9.64. The summed E-state index contributed by atoms with van der Waals surface area (Å²) in [5, 5.41) is 1.51. The summed E-state index contributed by atoms with van der Waals surface area (Å²) in [6.45, 7) is 1.52. The molecule has 0 bridgehead atoms. The van der Waals surface area contributed by atoms with Crippen LogP contribution in [0.15, 0.2) is 52.5 Å². The quantitative estimate of drug-likeness (QED) is 0.403. The molecule has 7 nitrogen and oxygen atoms in total. The number of nitrogens with one attached hydrogen (secondary N) is 1. The van der Waals surface area contributed by atoms with Gasteiger partial charge >= 0.3 is 5.97 Å². The van der Waals surface area contributed by atoms with Crippen molar-refractivity contribution in [2.45, 2.75) is 13.0 Å². The number of benzene rings is 2. The van der Waals surface area contributed by atoms with Gasteiger partial charge in [0.25, 0.3) is 11.8 Å². The number of anilines is 1. The van der Waals surface area contributed by atoms with Crippen molar-refractivity contribution in [3.63, 3.8) is 0 Å². The number of ether oxygens (including phenoxy) is 2. The Bertz CT molecular complexity index is 1010. The highest BCUT2D eigenvalue weighted by molar-refractivity contribution is 9.10. The molecule has 9 heteroatoms. The fourth-order valence-electron chi connectivity index (χ4n) is 2.67. The second kappa shape index (κ2) is 8.67. The van der Waals surface area contributed by atoms with Crippen molar-refractivity contribution in [3.05, 3.63) is 63.1 Å². The van der Waals surface area contributed by atoms with Gasteiger partial charge in [0.15, 0.2) is 6.10 Å². The molecule has 2 aromatic carbocycles. The standard InChI is InChI=1S/C20H16BrClN2O5/c1-11(20(27)28-2)29-17-12(8-13(22)10-16(17)21)9-15-18(25)23-24(19(15)26)14-6-4-3-5-7-14/h3-11H,1-2H3,(H,23,25)/b15-9-/t11-/m1/s1. The SMILES string of the molecule is COC(=O)[C@@H](C)Oc1c(Br)cc(Cl)cc1/C=C1/C(=O)NN(c2ccccc2)C1=O. The van der Waals surface area contributed by atoms with E-state index < -0.39 is 23.9 Å².